The number of rotatable bonds is 6. The standard InChI is InChI=1S/C44H29N3O/c1-4-12-30(13-5-1)31-20-23-35(24-21-31)47(34-16-8-3-9-17-34)36-25-27-41-39(29-36)37-26-22-33(28-42(37)48-41)43-38-18-10-11-19-40(38)45-44(46-43)32-14-6-2-7-15-32/h1-29H. The number of hydrogen-bond acceptors (Lipinski definition) is 4. The summed E-state index contributed by atoms with van der Waals surface area (Å²) in [6.45, 7) is 0. The van der Waals surface area contributed by atoms with Crippen LogP contribution in [0.1, 0.15) is 0 Å². The van der Waals surface area contributed by atoms with Gasteiger partial charge >= 0.3 is 0 Å². The number of aromatic nitrogens is 2. The van der Waals surface area contributed by atoms with E-state index < -0.39 is 0 Å². The third kappa shape index (κ3) is 4.97. The average Bonchev–Trinajstić information content (AvgIpc) is 3.53. The van der Waals surface area contributed by atoms with Gasteiger partial charge in [-0.3, -0.25) is 0 Å². The van der Waals surface area contributed by atoms with Crippen LogP contribution in [0.15, 0.2) is 180 Å². The summed E-state index contributed by atoms with van der Waals surface area (Å²) >= 11 is 0. The van der Waals surface area contributed by atoms with Crippen molar-refractivity contribution in [2.75, 3.05) is 4.90 Å². The minimum Gasteiger partial charge on any atom is -0.456 e. The van der Waals surface area contributed by atoms with Crippen LogP contribution < -0.4 is 4.90 Å². The molecule has 226 valence electrons. The molecule has 2 aromatic heterocycles. The van der Waals surface area contributed by atoms with Crippen molar-refractivity contribution in [2.45, 2.75) is 0 Å². The summed E-state index contributed by atoms with van der Waals surface area (Å²) < 4.78 is 6.49. The van der Waals surface area contributed by atoms with Crippen LogP contribution in [0.5, 0.6) is 0 Å². The van der Waals surface area contributed by atoms with Crippen LogP contribution in [-0.2, 0) is 0 Å². The molecule has 0 aliphatic rings. The van der Waals surface area contributed by atoms with Crippen molar-refractivity contribution in [3.05, 3.63) is 176 Å². The monoisotopic (exact) mass is 615 g/mol. The molecule has 2 heterocycles. The van der Waals surface area contributed by atoms with E-state index in [4.69, 9.17) is 14.4 Å². The van der Waals surface area contributed by atoms with Gasteiger partial charge in [-0.25, -0.2) is 9.97 Å². The zero-order valence-corrected chi connectivity index (χ0v) is 26.0. The van der Waals surface area contributed by atoms with Crippen molar-refractivity contribution in [1.29, 1.82) is 0 Å². The topological polar surface area (TPSA) is 42.2 Å². The van der Waals surface area contributed by atoms with Crippen LogP contribution in [0, 0.1) is 0 Å². The van der Waals surface area contributed by atoms with Crippen LogP contribution in [0.2, 0.25) is 0 Å². The molecule has 0 bridgehead atoms. The van der Waals surface area contributed by atoms with E-state index in [1.165, 1.54) is 11.1 Å². The van der Waals surface area contributed by atoms with Gasteiger partial charge in [-0.15, -0.1) is 0 Å². The summed E-state index contributed by atoms with van der Waals surface area (Å²) in [5, 5.41) is 3.13. The third-order valence-electron chi connectivity index (χ3n) is 8.87. The smallest absolute Gasteiger partial charge is 0.160 e. The summed E-state index contributed by atoms with van der Waals surface area (Å²) in [4.78, 5) is 12.2. The molecule has 0 amide bonds. The van der Waals surface area contributed by atoms with Gasteiger partial charge in [0.1, 0.15) is 11.2 Å². The van der Waals surface area contributed by atoms with Crippen LogP contribution in [-0.4, -0.2) is 9.97 Å². The number of furan rings is 1. The van der Waals surface area contributed by atoms with Crippen LogP contribution >= 0.6 is 0 Å². The molecule has 9 rings (SSSR count). The molecule has 0 unspecified atom stereocenters. The van der Waals surface area contributed by atoms with Crippen LogP contribution in [0.25, 0.3) is 66.6 Å². The molecule has 4 heteroatoms. The molecule has 4 nitrogen and oxygen atoms in total. The molecule has 0 saturated carbocycles. The first-order valence-electron chi connectivity index (χ1n) is 16.1. The molecule has 7 aromatic carbocycles. The molecular weight excluding hydrogens is 587 g/mol. The zero-order valence-electron chi connectivity index (χ0n) is 26.0. The summed E-state index contributed by atoms with van der Waals surface area (Å²) in [5.41, 5.74) is 11.1. The molecule has 0 N–H and O–H groups in total. The van der Waals surface area contributed by atoms with Crippen LogP contribution in [0.3, 0.4) is 0 Å². The van der Waals surface area contributed by atoms with Gasteiger partial charge in [0.15, 0.2) is 5.82 Å². The first kappa shape index (κ1) is 27.8. The van der Waals surface area contributed by atoms with Gasteiger partial charge in [-0.1, -0.05) is 115 Å². The highest BCUT2D eigenvalue weighted by atomic mass is 16.3. The van der Waals surface area contributed by atoms with Gasteiger partial charge in [-0.2, -0.15) is 0 Å². The Kier molecular flexibility index (Phi) is 6.76. The molecule has 0 saturated heterocycles. The van der Waals surface area contributed by atoms with Crippen LogP contribution in [0.4, 0.5) is 17.1 Å². The quantitative estimate of drug-likeness (QED) is 0.187. The van der Waals surface area contributed by atoms with Crippen molar-refractivity contribution in [3.63, 3.8) is 0 Å². The molecule has 9 aromatic rings. The Morgan fingerprint density at radius 2 is 0.979 bits per heavy atom. The first-order chi connectivity index (χ1) is 23.8. The van der Waals surface area contributed by atoms with Gasteiger partial charge in [0.05, 0.1) is 11.2 Å². The lowest BCUT2D eigenvalue weighted by molar-refractivity contribution is 0.669. The summed E-state index contributed by atoms with van der Waals surface area (Å²) in [7, 11) is 0. The Morgan fingerprint density at radius 1 is 0.375 bits per heavy atom. The number of para-hydroxylation sites is 2. The second kappa shape index (κ2) is 11.7. The summed E-state index contributed by atoms with van der Waals surface area (Å²) in [6, 6.07) is 60.9. The minimum absolute atomic E-state index is 0.705. The highest BCUT2D eigenvalue weighted by Crippen LogP contribution is 2.40. The predicted octanol–water partition coefficient (Wildman–Crippen LogP) is 12.0. The number of benzene rings is 7. The number of nitrogens with zero attached hydrogens (tertiary/aromatic N) is 3. The fourth-order valence-electron chi connectivity index (χ4n) is 6.52. The Labute approximate surface area is 278 Å². The first-order valence-corrected chi connectivity index (χ1v) is 16.1. The van der Waals surface area contributed by atoms with E-state index in [1.54, 1.807) is 0 Å². The fraction of sp³-hybridized carbons (Fsp3) is 0. The Morgan fingerprint density at radius 3 is 1.75 bits per heavy atom. The van der Waals surface area contributed by atoms with Gasteiger partial charge < -0.3 is 9.32 Å². The van der Waals surface area contributed by atoms with Gasteiger partial charge in [0.2, 0.25) is 0 Å². The second-order valence-corrected chi connectivity index (χ2v) is 11.9. The highest BCUT2D eigenvalue weighted by Gasteiger charge is 2.17. The maximum atomic E-state index is 6.49. The number of fused-ring (bicyclic) bond motifs is 4. The van der Waals surface area contributed by atoms with Crippen molar-refractivity contribution in [2.24, 2.45) is 0 Å². The lowest BCUT2D eigenvalue weighted by Crippen LogP contribution is -2.09. The second-order valence-electron chi connectivity index (χ2n) is 11.9. The molecule has 0 atom stereocenters. The number of anilines is 3. The summed E-state index contributed by atoms with van der Waals surface area (Å²) in [6.07, 6.45) is 0. The molecule has 0 fully saturated rings. The molecule has 0 radical (unpaired) electrons. The van der Waals surface area contributed by atoms with E-state index in [1.807, 2.05) is 60.7 Å². The largest absolute Gasteiger partial charge is 0.456 e. The normalized spacial score (nSPS) is 11.3. The van der Waals surface area contributed by atoms with Crippen molar-refractivity contribution >= 4 is 49.9 Å². The average molecular weight is 616 g/mol. The SMILES string of the molecule is c1ccc(-c2ccc(N(c3ccccc3)c3ccc4oc5cc(-c6nc(-c7ccccc7)nc7ccccc67)ccc5c4c3)cc2)cc1. The Balaban J connectivity index is 1.15. The van der Waals surface area contributed by atoms with E-state index in [0.29, 0.717) is 5.82 Å². The van der Waals surface area contributed by atoms with E-state index in [-0.39, 0.29) is 0 Å². The zero-order chi connectivity index (χ0) is 31.9. The Bertz CT molecular complexity index is 2540. The Hall–Kier alpha value is -6.52. The maximum Gasteiger partial charge on any atom is 0.160 e. The summed E-state index contributed by atoms with van der Waals surface area (Å²) in [5.74, 6) is 0.705. The third-order valence-corrected chi connectivity index (χ3v) is 8.87. The van der Waals surface area contributed by atoms with Crippen molar-refractivity contribution in [1.82, 2.24) is 9.97 Å². The molecule has 0 spiro atoms. The molecule has 0 aliphatic heterocycles. The van der Waals surface area contributed by atoms with Gasteiger partial charge in [0.25, 0.3) is 0 Å². The fourth-order valence-corrected chi connectivity index (χ4v) is 6.52. The molecular formula is C44H29N3O. The van der Waals surface area contributed by atoms with E-state index >= 15 is 0 Å². The molecule has 0 aliphatic carbocycles. The van der Waals surface area contributed by atoms with E-state index in [0.717, 1.165) is 66.7 Å². The van der Waals surface area contributed by atoms with Crippen molar-refractivity contribution in [3.8, 4) is 33.8 Å². The maximum absolute atomic E-state index is 6.49. The number of hydrogen-bond donors (Lipinski definition) is 0. The lowest BCUT2D eigenvalue weighted by Gasteiger charge is -2.25. The van der Waals surface area contributed by atoms with E-state index in [9.17, 15) is 0 Å². The lowest BCUT2D eigenvalue weighted by atomic mass is 10.0. The van der Waals surface area contributed by atoms with Crippen molar-refractivity contribution < 1.29 is 4.42 Å². The molecule has 48 heavy (non-hydrogen) atoms. The van der Waals surface area contributed by atoms with Gasteiger partial charge in [0, 0.05) is 44.3 Å². The highest BCUT2D eigenvalue weighted by molar-refractivity contribution is 6.08. The minimum atomic E-state index is 0.705. The predicted molar refractivity (Wildman–Crippen MR) is 198 cm³/mol. The van der Waals surface area contributed by atoms with E-state index in [2.05, 4.69) is 120 Å². The van der Waals surface area contributed by atoms with Gasteiger partial charge in [-0.05, 0) is 71.8 Å².